The summed E-state index contributed by atoms with van der Waals surface area (Å²) in [5.41, 5.74) is 7.19. The van der Waals surface area contributed by atoms with Crippen molar-refractivity contribution in [2.24, 2.45) is 0 Å². The van der Waals surface area contributed by atoms with Crippen molar-refractivity contribution in [1.29, 1.82) is 0 Å². The van der Waals surface area contributed by atoms with Crippen LogP contribution in [0.1, 0.15) is 26.0 Å². The van der Waals surface area contributed by atoms with E-state index >= 15 is 0 Å². The van der Waals surface area contributed by atoms with Crippen LogP contribution in [0.5, 0.6) is 0 Å². The first-order valence-electron chi connectivity index (χ1n) is 5.16. The van der Waals surface area contributed by atoms with E-state index in [2.05, 4.69) is 10.3 Å². The normalized spacial score (nSPS) is 14.7. The minimum Gasteiger partial charge on any atom is -0.397 e. The van der Waals surface area contributed by atoms with Crippen LogP contribution in [0.25, 0.3) is 0 Å². The number of nitrogens with zero attached hydrogens (tertiary/aromatic N) is 1. The standard InChI is InChI=1S/C11H19N3O/c1-7(6-8(2)15)13-11-5-4-10(12)9(3)14-11/h4-5,7-8,15H,6,12H2,1-3H3,(H,13,14). The van der Waals surface area contributed by atoms with Crippen molar-refractivity contribution in [2.75, 3.05) is 11.1 Å². The molecule has 84 valence electrons. The van der Waals surface area contributed by atoms with E-state index in [0.29, 0.717) is 12.1 Å². The van der Waals surface area contributed by atoms with Crippen LogP contribution in [0, 0.1) is 6.92 Å². The Labute approximate surface area is 90.5 Å². The second kappa shape index (κ2) is 4.98. The zero-order valence-corrected chi connectivity index (χ0v) is 9.49. The highest BCUT2D eigenvalue weighted by Crippen LogP contribution is 2.13. The number of hydrogen-bond acceptors (Lipinski definition) is 4. The third-order valence-corrected chi connectivity index (χ3v) is 2.22. The molecule has 0 aliphatic rings. The lowest BCUT2D eigenvalue weighted by molar-refractivity contribution is 0.179. The van der Waals surface area contributed by atoms with E-state index in [9.17, 15) is 5.11 Å². The van der Waals surface area contributed by atoms with Crippen molar-refractivity contribution >= 4 is 11.5 Å². The van der Waals surface area contributed by atoms with Gasteiger partial charge >= 0.3 is 0 Å². The van der Waals surface area contributed by atoms with Gasteiger partial charge in [0.05, 0.1) is 17.5 Å². The van der Waals surface area contributed by atoms with Gasteiger partial charge in [0.1, 0.15) is 5.82 Å². The summed E-state index contributed by atoms with van der Waals surface area (Å²) in [7, 11) is 0. The number of pyridine rings is 1. The molecule has 0 fully saturated rings. The average Bonchev–Trinajstić information content (AvgIpc) is 2.10. The largest absolute Gasteiger partial charge is 0.397 e. The van der Waals surface area contributed by atoms with Gasteiger partial charge < -0.3 is 16.2 Å². The van der Waals surface area contributed by atoms with Crippen LogP contribution in [0.4, 0.5) is 11.5 Å². The molecule has 4 nitrogen and oxygen atoms in total. The number of aliphatic hydroxyl groups excluding tert-OH is 1. The Morgan fingerprint density at radius 1 is 1.47 bits per heavy atom. The smallest absolute Gasteiger partial charge is 0.126 e. The highest BCUT2D eigenvalue weighted by atomic mass is 16.3. The van der Waals surface area contributed by atoms with Gasteiger partial charge in [-0.3, -0.25) is 0 Å². The van der Waals surface area contributed by atoms with Crippen molar-refractivity contribution in [1.82, 2.24) is 4.98 Å². The minimum absolute atomic E-state index is 0.195. The lowest BCUT2D eigenvalue weighted by Gasteiger charge is -2.16. The number of aryl methyl sites for hydroxylation is 1. The Hall–Kier alpha value is -1.29. The highest BCUT2D eigenvalue weighted by Gasteiger charge is 2.06. The molecule has 4 N–H and O–H groups in total. The molecule has 0 spiro atoms. The molecule has 0 saturated heterocycles. The number of rotatable bonds is 4. The number of hydrogen-bond donors (Lipinski definition) is 3. The lowest BCUT2D eigenvalue weighted by atomic mass is 10.1. The first-order valence-corrected chi connectivity index (χ1v) is 5.16. The molecule has 1 heterocycles. The third-order valence-electron chi connectivity index (χ3n) is 2.22. The summed E-state index contributed by atoms with van der Waals surface area (Å²) in [4.78, 5) is 4.30. The summed E-state index contributed by atoms with van der Waals surface area (Å²) in [6, 6.07) is 3.88. The maximum atomic E-state index is 9.22. The van der Waals surface area contributed by atoms with Gasteiger partial charge in [-0.15, -0.1) is 0 Å². The van der Waals surface area contributed by atoms with Crippen molar-refractivity contribution in [3.63, 3.8) is 0 Å². The maximum absolute atomic E-state index is 9.22. The zero-order chi connectivity index (χ0) is 11.4. The zero-order valence-electron chi connectivity index (χ0n) is 9.49. The molecule has 0 amide bonds. The van der Waals surface area contributed by atoms with Crippen LogP contribution >= 0.6 is 0 Å². The molecule has 15 heavy (non-hydrogen) atoms. The van der Waals surface area contributed by atoms with Gasteiger partial charge in [0.15, 0.2) is 0 Å². The van der Waals surface area contributed by atoms with E-state index in [-0.39, 0.29) is 12.1 Å². The first-order chi connectivity index (χ1) is 6.99. The number of anilines is 2. The van der Waals surface area contributed by atoms with Crippen LogP contribution in [0.2, 0.25) is 0 Å². The number of aliphatic hydroxyl groups is 1. The van der Waals surface area contributed by atoms with Gasteiger partial charge in [0.2, 0.25) is 0 Å². The molecule has 2 atom stereocenters. The Morgan fingerprint density at radius 3 is 2.67 bits per heavy atom. The molecular formula is C11H19N3O. The second-order valence-corrected chi connectivity index (χ2v) is 4.00. The first kappa shape index (κ1) is 11.8. The number of nitrogens with two attached hydrogens (primary N) is 1. The topological polar surface area (TPSA) is 71.2 Å². The molecule has 1 aromatic rings. The van der Waals surface area contributed by atoms with Crippen LogP contribution < -0.4 is 11.1 Å². The molecule has 1 aromatic heterocycles. The lowest BCUT2D eigenvalue weighted by Crippen LogP contribution is -2.21. The Kier molecular flexibility index (Phi) is 3.91. The number of aromatic nitrogens is 1. The fourth-order valence-electron chi connectivity index (χ4n) is 1.48. The molecule has 0 aliphatic heterocycles. The Morgan fingerprint density at radius 2 is 2.13 bits per heavy atom. The van der Waals surface area contributed by atoms with Gasteiger partial charge in [0.25, 0.3) is 0 Å². The van der Waals surface area contributed by atoms with Crippen LogP contribution in [-0.4, -0.2) is 22.2 Å². The van der Waals surface area contributed by atoms with Crippen LogP contribution in [0.3, 0.4) is 0 Å². The fourth-order valence-corrected chi connectivity index (χ4v) is 1.48. The molecule has 0 aromatic carbocycles. The molecule has 2 unspecified atom stereocenters. The van der Waals surface area contributed by atoms with Crippen LogP contribution in [0.15, 0.2) is 12.1 Å². The summed E-state index contributed by atoms with van der Waals surface area (Å²) < 4.78 is 0. The molecule has 0 radical (unpaired) electrons. The van der Waals surface area contributed by atoms with Gasteiger partial charge in [0, 0.05) is 6.04 Å². The quantitative estimate of drug-likeness (QED) is 0.703. The van der Waals surface area contributed by atoms with Crippen molar-refractivity contribution in [3.05, 3.63) is 17.8 Å². The Bertz CT molecular complexity index is 326. The van der Waals surface area contributed by atoms with Crippen molar-refractivity contribution in [3.8, 4) is 0 Å². The molecule has 0 aliphatic carbocycles. The second-order valence-electron chi connectivity index (χ2n) is 4.00. The van der Waals surface area contributed by atoms with Crippen LogP contribution in [-0.2, 0) is 0 Å². The average molecular weight is 209 g/mol. The third kappa shape index (κ3) is 3.75. The monoisotopic (exact) mass is 209 g/mol. The van der Waals surface area contributed by atoms with Gasteiger partial charge in [-0.1, -0.05) is 0 Å². The van der Waals surface area contributed by atoms with Crippen molar-refractivity contribution in [2.45, 2.75) is 39.3 Å². The summed E-state index contributed by atoms with van der Waals surface area (Å²) in [6.45, 7) is 5.67. The predicted octanol–water partition coefficient (Wildman–Crippen LogP) is 1.54. The molecule has 1 rings (SSSR count). The van der Waals surface area contributed by atoms with E-state index in [4.69, 9.17) is 5.73 Å². The van der Waals surface area contributed by atoms with Gasteiger partial charge in [-0.2, -0.15) is 0 Å². The molecule has 0 bridgehead atoms. The summed E-state index contributed by atoms with van der Waals surface area (Å²) in [6.07, 6.45) is 0.396. The molecular weight excluding hydrogens is 190 g/mol. The van der Waals surface area contributed by atoms with Gasteiger partial charge in [-0.05, 0) is 39.3 Å². The Balaban J connectivity index is 2.60. The fraction of sp³-hybridized carbons (Fsp3) is 0.545. The number of nitrogen functional groups attached to an aromatic ring is 1. The van der Waals surface area contributed by atoms with E-state index < -0.39 is 0 Å². The van der Waals surface area contributed by atoms with E-state index in [1.54, 1.807) is 6.92 Å². The summed E-state index contributed by atoms with van der Waals surface area (Å²) in [5.74, 6) is 0.801. The SMILES string of the molecule is Cc1nc(NC(C)CC(C)O)ccc1N. The van der Waals surface area contributed by atoms with E-state index in [0.717, 1.165) is 11.5 Å². The van der Waals surface area contributed by atoms with E-state index in [1.807, 2.05) is 26.0 Å². The molecule has 4 heteroatoms. The highest BCUT2D eigenvalue weighted by molar-refractivity contribution is 5.49. The van der Waals surface area contributed by atoms with E-state index in [1.165, 1.54) is 0 Å². The number of nitrogens with one attached hydrogen (secondary N) is 1. The predicted molar refractivity (Wildman–Crippen MR) is 62.8 cm³/mol. The summed E-state index contributed by atoms with van der Waals surface area (Å²) >= 11 is 0. The maximum Gasteiger partial charge on any atom is 0.126 e. The van der Waals surface area contributed by atoms with Gasteiger partial charge in [-0.25, -0.2) is 4.98 Å². The van der Waals surface area contributed by atoms with Crippen molar-refractivity contribution < 1.29 is 5.11 Å². The summed E-state index contributed by atoms with van der Waals surface area (Å²) in [5, 5.41) is 12.4. The molecule has 0 saturated carbocycles. The minimum atomic E-state index is -0.303.